The average Bonchev–Trinajstić information content (AvgIpc) is 2.51. The summed E-state index contributed by atoms with van der Waals surface area (Å²) < 4.78 is 11.8. The molecule has 5 nitrogen and oxygen atoms in total. The molecule has 0 spiro atoms. The third-order valence-corrected chi connectivity index (χ3v) is 3.97. The summed E-state index contributed by atoms with van der Waals surface area (Å²) in [4.78, 5) is 15.3. The first-order valence-corrected chi connectivity index (χ1v) is 6.54. The number of hydrogen-bond acceptors (Lipinski definition) is 4. The van der Waals surface area contributed by atoms with Gasteiger partial charge in [0.25, 0.3) is 0 Å². The van der Waals surface area contributed by atoms with E-state index in [2.05, 4.69) is 4.98 Å². The Hall–Kier alpha value is -1.11. The van der Waals surface area contributed by atoms with Gasteiger partial charge in [-0.15, -0.1) is 0 Å². The van der Waals surface area contributed by atoms with E-state index in [1.54, 1.807) is 12.4 Å². The minimum absolute atomic E-state index is 0.0531. The van der Waals surface area contributed by atoms with E-state index in [1.165, 1.54) is 0 Å². The van der Waals surface area contributed by atoms with E-state index >= 15 is 0 Å². The van der Waals surface area contributed by atoms with Gasteiger partial charge in [-0.1, -0.05) is 0 Å². The average molecular weight is 264 g/mol. The van der Waals surface area contributed by atoms with Crippen molar-refractivity contribution >= 4 is 12.6 Å². The van der Waals surface area contributed by atoms with Crippen LogP contribution in [0, 0.1) is 0 Å². The normalized spacial score (nSPS) is 20.8. The molecule has 1 aromatic heterocycles. The van der Waals surface area contributed by atoms with Crippen LogP contribution in [0.1, 0.15) is 33.3 Å². The molecule has 0 radical (unpaired) electrons. The first-order valence-electron chi connectivity index (χ1n) is 6.54. The second-order valence-corrected chi connectivity index (χ2v) is 5.89. The first-order chi connectivity index (χ1) is 8.78. The van der Waals surface area contributed by atoms with Crippen LogP contribution in [-0.4, -0.2) is 29.8 Å². The van der Waals surface area contributed by atoms with Gasteiger partial charge >= 0.3 is 7.12 Å². The van der Waals surface area contributed by atoms with Crippen molar-refractivity contribution in [1.82, 2.24) is 4.98 Å². The molecule has 2 heterocycles. The van der Waals surface area contributed by atoms with Crippen molar-refractivity contribution in [2.75, 3.05) is 6.54 Å². The van der Waals surface area contributed by atoms with E-state index in [0.717, 1.165) is 0 Å². The molecule has 0 aliphatic carbocycles. The van der Waals surface area contributed by atoms with Gasteiger partial charge in [0.15, 0.2) is 5.43 Å². The molecule has 1 saturated heterocycles. The molecule has 0 unspecified atom stereocenters. The van der Waals surface area contributed by atoms with Crippen LogP contribution in [0.4, 0.5) is 0 Å². The van der Waals surface area contributed by atoms with Crippen molar-refractivity contribution in [2.24, 2.45) is 5.73 Å². The molecule has 104 valence electrons. The molecule has 19 heavy (non-hydrogen) atoms. The Morgan fingerprint density at radius 3 is 2.32 bits per heavy atom. The summed E-state index contributed by atoms with van der Waals surface area (Å²) in [6.07, 6.45) is 3.87. The number of aromatic amines is 1. The van der Waals surface area contributed by atoms with Gasteiger partial charge in [0, 0.05) is 23.4 Å². The zero-order valence-corrected chi connectivity index (χ0v) is 11.9. The summed E-state index contributed by atoms with van der Waals surface area (Å²) in [7, 11) is -0.633. The van der Waals surface area contributed by atoms with Gasteiger partial charge in [-0.05, 0) is 40.7 Å². The molecular formula is C13H21BN2O3. The SMILES string of the molecule is CC1(C)OB(c2c[nH]cc(CCN)c2=O)OC1(C)C. The standard InChI is InChI=1S/C13H21BN2O3/c1-12(2)13(3,4)19-14(18-12)10-8-16-7-9(5-6-15)11(10)17/h7-8H,5-6,15H2,1-4H3,(H,16,17). The maximum absolute atomic E-state index is 12.3. The molecule has 0 saturated carbocycles. The van der Waals surface area contributed by atoms with E-state index < -0.39 is 18.3 Å². The van der Waals surface area contributed by atoms with Gasteiger partial charge < -0.3 is 20.0 Å². The predicted molar refractivity (Wildman–Crippen MR) is 75.5 cm³/mol. The van der Waals surface area contributed by atoms with E-state index in [4.69, 9.17) is 15.0 Å². The third kappa shape index (κ3) is 2.48. The van der Waals surface area contributed by atoms with E-state index in [-0.39, 0.29) is 5.43 Å². The molecule has 1 aromatic rings. The quantitative estimate of drug-likeness (QED) is 0.763. The van der Waals surface area contributed by atoms with Gasteiger partial charge in [-0.2, -0.15) is 0 Å². The van der Waals surface area contributed by atoms with Crippen LogP contribution in [0.25, 0.3) is 0 Å². The van der Waals surface area contributed by atoms with Gasteiger partial charge in [0.1, 0.15) is 0 Å². The molecule has 0 bridgehead atoms. The van der Waals surface area contributed by atoms with Crippen LogP contribution in [0.2, 0.25) is 0 Å². The molecular weight excluding hydrogens is 243 g/mol. The zero-order valence-electron chi connectivity index (χ0n) is 11.9. The summed E-state index contributed by atoms with van der Waals surface area (Å²) in [5.41, 5.74) is 5.72. The fourth-order valence-corrected chi connectivity index (χ4v) is 2.03. The fraction of sp³-hybridized carbons (Fsp3) is 0.615. The highest BCUT2D eigenvalue weighted by atomic mass is 16.7. The lowest BCUT2D eigenvalue weighted by Gasteiger charge is -2.32. The Kier molecular flexibility index (Phi) is 3.60. The number of pyridine rings is 1. The number of nitrogens with one attached hydrogen (secondary N) is 1. The van der Waals surface area contributed by atoms with Gasteiger partial charge in [0.2, 0.25) is 0 Å². The number of H-pyrrole nitrogens is 1. The Bertz CT molecular complexity index is 509. The van der Waals surface area contributed by atoms with E-state index in [1.807, 2.05) is 27.7 Å². The number of hydrogen-bond donors (Lipinski definition) is 2. The predicted octanol–water partition coefficient (Wildman–Crippen LogP) is 0.175. The molecule has 1 aliphatic rings. The van der Waals surface area contributed by atoms with Gasteiger partial charge in [-0.25, -0.2) is 0 Å². The molecule has 2 rings (SSSR count). The Morgan fingerprint density at radius 2 is 1.79 bits per heavy atom. The largest absolute Gasteiger partial charge is 0.500 e. The minimum Gasteiger partial charge on any atom is -0.399 e. The lowest BCUT2D eigenvalue weighted by atomic mass is 9.79. The van der Waals surface area contributed by atoms with Crippen LogP contribution in [0.15, 0.2) is 17.2 Å². The van der Waals surface area contributed by atoms with Crippen LogP contribution in [0.5, 0.6) is 0 Å². The molecule has 0 aromatic carbocycles. The van der Waals surface area contributed by atoms with Crippen LogP contribution in [0.3, 0.4) is 0 Å². The van der Waals surface area contributed by atoms with E-state index in [9.17, 15) is 4.79 Å². The number of rotatable bonds is 3. The summed E-state index contributed by atoms with van der Waals surface area (Å²) in [6, 6.07) is 0. The van der Waals surface area contributed by atoms with E-state index in [0.29, 0.717) is 24.0 Å². The third-order valence-electron chi connectivity index (χ3n) is 3.97. The highest BCUT2D eigenvalue weighted by Gasteiger charge is 2.52. The highest BCUT2D eigenvalue weighted by Crippen LogP contribution is 2.36. The second-order valence-electron chi connectivity index (χ2n) is 5.89. The Morgan fingerprint density at radius 1 is 1.21 bits per heavy atom. The molecule has 1 fully saturated rings. The van der Waals surface area contributed by atoms with Crippen molar-refractivity contribution in [3.63, 3.8) is 0 Å². The molecule has 1 aliphatic heterocycles. The van der Waals surface area contributed by atoms with Gasteiger partial charge in [-0.3, -0.25) is 4.79 Å². The topological polar surface area (TPSA) is 77.3 Å². The maximum atomic E-state index is 12.3. The molecule has 0 amide bonds. The van der Waals surface area contributed by atoms with Crippen molar-refractivity contribution in [3.8, 4) is 0 Å². The molecule has 3 N–H and O–H groups in total. The van der Waals surface area contributed by atoms with Crippen LogP contribution < -0.4 is 16.6 Å². The van der Waals surface area contributed by atoms with Crippen molar-refractivity contribution < 1.29 is 9.31 Å². The minimum atomic E-state index is -0.633. The lowest BCUT2D eigenvalue weighted by Crippen LogP contribution is -2.45. The summed E-state index contributed by atoms with van der Waals surface area (Å²) in [5.74, 6) is 0. The Labute approximate surface area is 113 Å². The lowest BCUT2D eigenvalue weighted by molar-refractivity contribution is 0.00578. The molecule has 0 atom stereocenters. The monoisotopic (exact) mass is 264 g/mol. The maximum Gasteiger partial charge on any atom is 0.500 e. The summed E-state index contributed by atoms with van der Waals surface area (Å²) in [6.45, 7) is 8.29. The van der Waals surface area contributed by atoms with Crippen molar-refractivity contribution in [1.29, 1.82) is 0 Å². The zero-order chi connectivity index (χ0) is 14.3. The fourth-order valence-electron chi connectivity index (χ4n) is 2.03. The number of aromatic nitrogens is 1. The highest BCUT2D eigenvalue weighted by molar-refractivity contribution is 6.61. The van der Waals surface area contributed by atoms with Crippen molar-refractivity contribution in [2.45, 2.75) is 45.3 Å². The summed E-state index contributed by atoms with van der Waals surface area (Å²) >= 11 is 0. The number of nitrogens with two attached hydrogens (primary N) is 1. The smallest absolute Gasteiger partial charge is 0.399 e. The summed E-state index contributed by atoms with van der Waals surface area (Å²) in [5, 5.41) is 0. The second kappa shape index (κ2) is 4.78. The first kappa shape index (κ1) is 14.3. The van der Waals surface area contributed by atoms with Gasteiger partial charge in [0.05, 0.1) is 11.2 Å². The van der Waals surface area contributed by atoms with Crippen LogP contribution in [-0.2, 0) is 15.7 Å². The van der Waals surface area contributed by atoms with Crippen LogP contribution >= 0.6 is 0 Å². The Balaban J connectivity index is 2.35. The molecule has 6 heteroatoms. The van der Waals surface area contributed by atoms with Crippen molar-refractivity contribution in [3.05, 3.63) is 28.2 Å².